The van der Waals surface area contributed by atoms with Crippen LogP contribution >= 0.6 is 0 Å². The van der Waals surface area contributed by atoms with E-state index in [9.17, 15) is 28.7 Å². The molecule has 0 bridgehead atoms. The minimum Gasteiger partial charge on any atom is -0.433 e. The number of carbonyl (C=O) groups excluding carboxylic acids is 2. The Balaban J connectivity index is 1.49. The third kappa shape index (κ3) is 4.26. The molecule has 0 aliphatic heterocycles. The van der Waals surface area contributed by atoms with Gasteiger partial charge in [0.1, 0.15) is 12.0 Å². The second-order valence-electron chi connectivity index (χ2n) is 12.0. The molecule has 2 N–H and O–H groups in total. The number of esters is 1. The number of halogens is 4. The number of allylic oxidation sites excluding steroid dienone is 4. The number of aliphatic hydroxyl groups is 1. The third-order valence-electron chi connectivity index (χ3n) is 9.98. The molecule has 10 heteroatoms. The molecule has 1 aromatic rings. The van der Waals surface area contributed by atoms with Crippen LogP contribution in [-0.2, 0) is 20.9 Å². The molecule has 5 rings (SSSR count). The van der Waals surface area contributed by atoms with E-state index in [0.717, 1.165) is 11.1 Å². The number of ether oxygens (including phenoxy) is 1. The Bertz CT molecular complexity index is 1210. The van der Waals surface area contributed by atoms with Gasteiger partial charge in [0, 0.05) is 24.4 Å². The molecule has 6 nitrogen and oxygen atoms in total. The molecule has 0 radical (unpaired) electrons. The average molecular weight is 552 g/mol. The van der Waals surface area contributed by atoms with Crippen molar-refractivity contribution < 1.29 is 42.2 Å². The molecule has 3 saturated carbocycles. The van der Waals surface area contributed by atoms with E-state index >= 15 is 8.78 Å². The van der Waals surface area contributed by atoms with Crippen LogP contribution in [0.2, 0.25) is 0 Å². The summed E-state index contributed by atoms with van der Waals surface area (Å²) in [6.45, 7) is 1.80. The summed E-state index contributed by atoms with van der Waals surface area (Å²) in [5.41, 5.74) is -4.35. The van der Waals surface area contributed by atoms with Gasteiger partial charge >= 0.3 is 5.97 Å². The van der Waals surface area contributed by atoms with Crippen LogP contribution in [0.4, 0.5) is 17.6 Å². The quantitative estimate of drug-likeness (QED) is 0.304. The van der Waals surface area contributed by atoms with Gasteiger partial charge in [0.15, 0.2) is 11.5 Å². The lowest BCUT2D eigenvalue weighted by Crippen LogP contribution is -2.68. The van der Waals surface area contributed by atoms with Crippen LogP contribution in [0.25, 0.3) is 0 Å². The van der Waals surface area contributed by atoms with Gasteiger partial charge in [-0.1, -0.05) is 25.1 Å². The van der Waals surface area contributed by atoms with E-state index in [1.807, 2.05) is 0 Å². The first kappa shape index (κ1) is 28.0. The second kappa shape index (κ2) is 9.82. The van der Waals surface area contributed by atoms with Crippen molar-refractivity contribution in [3.63, 3.8) is 0 Å². The highest BCUT2D eigenvalue weighted by molar-refractivity contribution is 6.01. The zero-order valence-electron chi connectivity index (χ0n) is 21.8. The summed E-state index contributed by atoms with van der Waals surface area (Å²) in [7, 11) is 0. The van der Waals surface area contributed by atoms with E-state index in [2.05, 4.69) is 0 Å². The first-order chi connectivity index (χ1) is 18.3. The van der Waals surface area contributed by atoms with Crippen LogP contribution < -0.4 is 0 Å². The highest BCUT2D eigenvalue weighted by Gasteiger charge is 2.73. The smallest absolute Gasteiger partial charge is 0.312 e. The molecular formula is C29H33F4NO5. The molecule has 0 amide bonds. The summed E-state index contributed by atoms with van der Waals surface area (Å²) in [6.07, 6.45) is 0.163. The third-order valence-corrected chi connectivity index (χ3v) is 9.98. The molecule has 39 heavy (non-hydrogen) atoms. The van der Waals surface area contributed by atoms with E-state index in [0.29, 0.717) is 5.56 Å². The fourth-order valence-corrected chi connectivity index (χ4v) is 8.31. The zero-order chi connectivity index (χ0) is 28.3. The lowest BCUT2D eigenvalue weighted by molar-refractivity contribution is -0.206. The predicted octanol–water partition coefficient (Wildman–Crippen LogP) is 4.65. The zero-order valence-corrected chi connectivity index (χ0v) is 21.8. The Morgan fingerprint density at radius 2 is 1.87 bits per heavy atom. The summed E-state index contributed by atoms with van der Waals surface area (Å²) in [4.78, 5) is 25.1. The number of benzene rings is 1. The Kier molecular flexibility index (Phi) is 7.04. The Morgan fingerprint density at radius 1 is 1.18 bits per heavy atom. The Morgan fingerprint density at radius 3 is 2.54 bits per heavy atom. The maximum absolute atomic E-state index is 17.3. The van der Waals surface area contributed by atoms with Crippen molar-refractivity contribution in [1.29, 1.82) is 0 Å². The van der Waals surface area contributed by atoms with Gasteiger partial charge < -0.3 is 15.1 Å². The van der Waals surface area contributed by atoms with Crippen molar-refractivity contribution >= 4 is 11.8 Å². The summed E-state index contributed by atoms with van der Waals surface area (Å²) in [6, 6.07) is 5.53. The highest BCUT2D eigenvalue weighted by Crippen LogP contribution is 2.70. The van der Waals surface area contributed by atoms with Crippen LogP contribution in [0.3, 0.4) is 0 Å². The standard InChI is InChI=1S/C29H33F4NO5/c1-27-12-24(36)29(33)21(11-23(32)22-10-19(35)7-8-28(22,29)2)20(27)9-17(25(27)26(37)39-15-30)14-34(38)13-16-3-5-18(31)6-4-16/h3-8,10,17,20-21,23-25,36,38H,9,11-15H2,1-2H3/t17-,20?,21-,23-,24-,25+,27-,28-,29-/m0/s1. The minimum absolute atomic E-state index is 0.000158. The largest absolute Gasteiger partial charge is 0.433 e. The van der Waals surface area contributed by atoms with E-state index in [1.165, 1.54) is 43.3 Å². The Hall–Kier alpha value is -2.56. The van der Waals surface area contributed by atoms with Gasteiger partial charge in [0.25, 0.3) is 0 Å². The van der Waals surface area contributed by atoms with Crippen molar-refractivity contribution in [1.82, 2.24) is 5.06 Å². The molecule has 0 spiro atoms. The maximum atomic E-state index is 17.3. The van der Waals surface area contributed by atoms with Crippen molar-refractivity contribution in [3.8, 4) is 0 Å². The topological polar surface area (TPSA) is 87.1 Å². The van der Waals surface area contributed by atoms with Crippen molar-refractivity contribution in [2.24, 2.45) is 34.5 Å². The minimum atomic E-state index is -2.32. The number of fused-ring (bicyclic) bond motifs is 5. The van der Waals surface area contributed by atoms with Crippen LogP contribution in [0.5, 0.6) is 0 Å². The predicted molar refractivity (Wildman–Crippen MR) is 132 cm³/mol. The molecular weight excluding hydrogens is 518 g/mol. The van der Waals surface area contributed by atoms with Crippen LogP contribution in [0.1, 0.15) is 38.7 Å². The first-order valence-corrected chi connectivity index (χ1v) is 13.2. The van der Waals surface area contributed by atoms with Crippen molar-refractivity contribution in [3.05, 3.63) is 59.4 Å². The van der Waals surface area contributed by atoms with Gasteiger partial charge in [0.05, 0.1) is 12.0 Å². The number of rotatable bonds is 6. The summed E-state index contributed by atoms with van der Waals surface area (Å²) in [5.74, 6) is -4.96. The average Bonchev–Trinajstić information content (AvgIpc) is 3.15. The van der Waals surface area contributed by atoms with Crippen LogP contribution in [-0.4, -0.2) is 58.5 Å². The van der Waals surface area contributed by atoms with E-state index < -0.39 is 76.9 Å². The summed E-state index contributed by atoms with van der Waals surface area (Å²) < 4.78 is 64.2. The molecule has 9 atom stereocenters. The molecule has 212 valence electrons. The van der Waals surface area contributed by atoms with Crippen molar-refractivity contribution in [2.75, 3.05) is 13.4 Å². The van der Waals surface area contributed by atoms with Crippen LogP contribution in [0.15, 0.2) is 48.1 Å². The molecule has 4 aliphatic carbocycles. The van der Waals surface area contributed by atoms with Gasteiger partial charge in [-0.2, -0.15) is 5.06 Å². The van der Waals surface area contributed by atoms with Gasteiger partial charge in [-0.3, -0.25) is 9.59 Å². The maximum Gasteiger partial charge on any atom is 0.312 e. The molecule has 1 aromatic carbocycles. The van der Waals surface area contributed by atoms with E-state index in [-0.39, 0.29) is 37.9 Å². The number of ketones is 1. The number of hydroxylamine groups is 2. The molecule has 3 fully saturated rings. The molecule has 0 heterocycles. The lowest BCUT2D eigenvalue weighted by Gasteiger charge is -2.62. The SMILES string of the molecule is C[C@]12C[C@H](O)[C@@]3(F)[C@@H](C[C@H](F)C4=CC(=O)C=C[C@@]43C)C1C[C@@H](CN(O)Cc1ccc(F)cc1)[C@@H]2C(=O)OCF. The normalized spacial score (nSPS) is 41.1. The molecule has 4 aliphatic rings. The number of hydrogen-bond donors (Lipinski definition) is 2. The number of aliphatic hydroxyl groups excluding tert-OH is 1. The lowest BCUT2D eigenvalue weighted by atomic mass is 9.45. The van der Waals surface area contributed by atoms with Gasteiger partial charge in [-0.05, 0) is 78.9 Å². The number of alkyl halides is 3. The molecule has 1 unspecified atom stereocenters. The van der Waals surface area contributed by atoms with Gasteiger partial charge in [-0.25, -0.2) is 17.6 Å². The first-order valence-electron chi connectivity index (χ1n) is 13.2. The van der Waals surface area contributed by atoms with Gasteiger partial charge in [-0.15, -0.1) is 0 Å². The van der Waals surface area contributed by atoms with E-state index in [4.69, 9.17) is 4.74 Å². The fraction of sp³-hybridized carbons (Fsp3) is 0.586. The number of hydrogen-bond acceptors (Lipinski definition) is 6. The van der Waals surface area contributed by atoms with Crippen LogP contribution in [0, 0.1) is 40.3 Å². The summed E-state index contributed by atoms with van der Waals surface area (Å²) >= 11 is 0. The highest BCUT2D eigenvalue weighted by atomic mass is 19.2. The number of nitrogens with zero attached hydrogens (tertiary/aromatic N) is 1. The fourth-order valence-electron chi connectivity index (χ4n) is 8.31. The Labute approximate surface area is 224 Å². The van der Waals surface area contributed by atoms with Crippen molar-refractivity contribution in [2.45, 2.75) is 57.6 Å². The molecule has 0 saturated heterocycles. The second-order valence-corrected chi connectivity index (χ2v) is 12.0. The number of carbonyl (C=O) groups is 2. The summed E-state index contributed by atoms with van der Waals surface area (Å²) in [5, 5.41) is 23.1. The van der Waals surface area contributed by atoms with Gasteiger partial charge in [0.2, 0.25) is 6.86 Å². The molecule has 0 aromatic heterocycles. The van der Waals surface area contributed by atoms with E-state index in [1.54, 1.807) is 6.92 Å². The monoisotopic (exact) mass is 551 g/mol.